The lowest BCUT2D eigenvalue weighted by Crippen LogP contribution is -2.42. The van der Waals surface area contributed by atoms with Crippen molar-refractivity contribution in [2.24, 2.45) is 0 Å². The number of hydrogen-bond acceptors (Lipinski definition) is 4. The van der Waals surface area contributed by atoms with Crippen LogP contribution in [-0.4, -0.2) is 43.7 Å². The van der Waals surface area contributed by atoms with Crippen molar-refractivity contribution in [3.05, 3.63) is 47.5 Å². The van der Waals surface area contributed by atoms with Crippen LogP contribution in [0.25, 0.3) is 10.8 Å². The second-order valence-electron chi connectivity index (χ2n) is 5.10. The lowest BCUT2D eigenvalue weighted by molar-refractivity contribution is 0.0621. The number of benzene rings is 2. The summed E-state index contributed by atoms with van der Waals surface area (Å²) in [5, 5.41) is 1.47. The first-order chi connectivity index (χ1) is 9.88. The van der Waals surface area contributed by atoms with Crippen LogP contribution in [0.15, 0.2) is 36.4 Å². The van der Waals surface area contributed by atoms with Crippen LogP contribution >= 0.6 is 0 Å². The molecule has 0 radical (unpaired) electrons. The highest BCUT2D eigenvalue weighted by molar-refractivity contribution is 7.90. The van der Waals surface area contributed by atoms with Crippen LogP contribution in [0.4, 0.5) is 0 Å². The van der Waals surface area contributed by atoms with E-state index in [0.717, 1.165) is 16.5 Å². The Kier molecular flexibility index (Phi) is 3.06. The van der Waals surface area contributed by atoms with Gasteiger partial charge >= 0.3 is 0 Å². The maximum Gasteiger partial charge on any atom is 0.261 e. The predicted octanol–water partition coefficient (Wildman–Crippen LogP) is 1.48. The standard InChI is InChI=1S/C15H13NO4S/c1-21(19,20)9-8-16-14(17)11-6-2-4-10-5-3-7-12(13(10)11)15(16)18/h2-7H,8-9H2,1H3. The molecular weight excluding hydrogens is 290 g/mol. The third-order valence-corrected chi connectivity index (χ3v) is 4.47. The summed E-state index contributed by atoms with van der Waals surface area (Å²) in [5.41, 5.74) is 0.882. The summed E-state index contributed by atoms with van der Waals surface area (Å²) in [7, 11) is -3.25. The fourth-order valence-corrected chi connectivity index (χ4v) is 3.05. The molecule has 2 aromatic carbocycles. The van der Waals surface area contributed by atoms with Gasteiger partial charge in [-0.1, -0.05) is 24.3 Å². The average molecular weight is 303 g/mol. The average Bonchev–Trinajstić information content (AvgIpc) is 2.43. The molecular formula is C15H13NO4S. The smallest absolute Gasteiger partial charge is 0.261 e. The Labute approximate surface area is 122 Å². The maximum absolute atomic E-state index is 12.4. The SMILES string of the molecule is CS(=O)(=O)CCN1C(=O)c2cccc3cccc(c23)C1=O. The van der Waals surface area contributed by atoms with E-state index < -0.39 is 21.7 Å². The van der Waals surface area contributed by atoms with E-state index >= 15 is 0 Å². The molecule has 0 saturated heterocycles. The van der Waals surface area contributed by atoms with Crippen LogP contribution in [0.2, 0.25) is 0 Å². The number of carbonyl (C=O) groups excluding carboxylic acids is 2. The molecule has 0 aromatic heterocycles. The Morgan fingerprint density at radius 3 is 1.95 bits per heavy atom. The molecule has 0 atom stereocenters. The van der Waals surface area contributed by atoms with E-state index in [4.69, 9.17) is 0 Å². The van der Waals surface area contributed by atoms with E-state index in [1.54, 1.807) is 24.3 Å². The zero-order valence-electron chi connectivity index (χ0n) is 11.4. The van der Waals surface area contributed by atoms with Crippen molar-refractivity contribution in [3.63, 3.8) is 0 Å². The third kappa shape index (κ3) is 2.31. The van der Waals surface area contributed by atoms with Crippen LogP contribution in [-0.2, 0) is 9.84 Å². The topological polar surface area (TPSA) is 71.5 Å². The molecule has 108 valence electrons. The molecule has 3 rings (SSSR count). The van der Waals surface area contributed by atoms with E-state index in [0.29, 0.717) is 16.5 Å². The fraction of sp³-hybridized carbons (Fsp3) is 0.200. The normalized spacial score (nSPS) is 14.8. The predicted molar refractivity (Wildman–Crippen MR) is 79.0 cm³/mol. The Hall–Kier alpha value is -2.21. The van der Waals surface area contributed by atoms with Crippen molar-refractivity contribution < 1.29 is 18.0 Å². The van der Waals surface area contributed by atoms with Crippen LogP contribution in [0.5, 0.6) is 0 Å². The minimum absolute atomic E-state index is 0.124. The van der Waals surface area contributed by atoms with E-state index in [2.05, 4.69) is 0 Å². The Bertz CT molecular complexity index is 820. The summed E-state index contributed by atoms with van der Waals surface area (Å²) in [6.07, 6.45) is 1.08. The van der Waals surface area contributed by atoms with E-state index in [1.165, 1.54) is 0 Å². The van der Waals surface area contributed by atoms with Gasteiger partial charge in [0.05, 0.1) is 5.75 Å². The molecule has 21 heavy (non-hydrogen) atoms. The van der Waals surface area contributed by atoms with Crippen molar-refractivity contribution >= 4 is 32.4 Å². The van der Waals surface area contributed by atoms with Crippen LogP contribution in [0, 0.1) is 0 Å². The number of rotatable bonds is 3. The Balaban J connectivity index is 2.11. The van der Waals surface area contributed by atoms with E-state index in [1.807, 2.05) is 12.1 Å². The molecule has 0 bridgehead atoms. The molecule has 1 aliphatic rings. The summed E-state index contributed by atoms with van der Waals surface area (Å²) in [4.78, 5) is 25.9. The lowest BCUT2D eigenvalue weighted by atomic mass is 9.94. The van der Waals surface area contributed by atoms with Gasteiger partial charge in [0.1, 0.15) is 9.84 Å². The fourth-order valence-electron chi connectivity index (χ4n) is 2.54. The molecule has 2 amide bonds. The second kappa shape index (κ2) is 4.66. The van der Waals surface area contributed by atoms with Crippen molar-refractivity contribution in [1.29, 1.82) is 0 Å². The first-order valence-electron chi connectivity index (χ1n) is 6.44. The van der Waals surface area contributed by atoms with Gasteiger partial charge in [-0.3, -0.25) is 14.5 Å². The minimum Gasteiger partial charge on any atom is -0.273 e. The molecule has 0 aliphatic carbocycles. The summed E-state index contributed by atoms with van der Waals surface area (Å²) < 4.78 is 22.5. The van der Waals surface area contributed by atoms with Gasteiger partial charge in [0, 0.05) is 29.3 Å². The van der Waals surface area contributed by atoms with E-state index in [-0.39, 0.29) is 12.3 Å². The highest BCUT2D eigenvalue weighted by atomic mass is 32.2. The number of hydrogen-bond donors (Lipinski definition) is 0. The number of sulfone groups is 1. The minimum atomic E-state index is -3.25. The Morgan fingerprint density at radius 1 is 0.952 bits per heavy atom. The number of nitrogens with zero attached hydrogens (tertiary/aromatic N) is 1. The zero-order chi connectivity index (χ0) is 15.2. The molecule has 6 heteroatoms. The van der Waals surface area contributed by atoms with Gasteiger partial charge < -0.3 is 0 Å². The van der Waals surface area contributed by atoms with Gasteiger partial charge in [0.15, 0.2) is 0 Å². The molecule has 1 aliphatic heterocycles. The monoisotopic (exact) mass is 303 g/mol. The van der Waals surface area contributed by atoms with Gasteiger partial charge in [0.2, 0.25) is 0 Å². The third-order valence-electron chi connectivity index (χ3n) is 3.54. The van der Waals surface area contributed by atoms with Gasteiger partial charge in [0.25, 0.3) is 11.8 Å². The number of carbonyl (C=O) groups is 2. The summed E-state index contributed by atoms with van der Waals surface area (Å²) in [6.45, 7) is -0.124. The van der Waals surface area contributed by atoms with E-state index in [9.17, 15) is 18.0 Å². The molecule has 0 spiro atoms. The first kappa shape index (κ1) is 13.8. The molecule has 0 saturated carbocycles. The quantitative estimate of drug-likeness (QED) is 0.805. The highest BCUT2D eigenvalue weighted by Crippen LogP contribution is 2.29. The molecule has 0 unspecified atom stereocenters. The van der Waals surface area contributed by atoms with Crippen molar-refractivity contribution in [2.45, 2.75) is 0 Å². The zero-order valence-corrected chi connectivity index (χ0v) is 12.2. The maximum atomic E-state index is 12.4. The highest BCUT2D eigenvalue weighted by Gasteiger charge is 2.32. The molecule has 0 N–H and O–H groups in total. The van der Waals surface area contributed by atoms with Gasteiger partial charge in [-0.15, -0.1) is 0 Å². The lowest BCUT2D eigenvalue weighted by Gasteiger charge is -2.26. The largest absolute Gasteiger partial charge is 0.273 e. The molecule has 1 heterocycles. The number of imide groups is 1. The molecule has 0 fully saturated rings. The summed E-state index contributed by atoms with van der Waals surface area (Å²) in [6, 6.07) is 10.5. The van der Waals surface area contributed by atoms with Crippen molar-refractivity contribution in [1.82, 2.24) is 4.90 Å². The first-order valence-corrected chi connectivity index (χ1v) is 8.50. The van der Waals surface area contributed by atoms with Crippen molar-refractivity contribution in [3.8, 4) is 0 Å². The van der Waals surface area contributed by atoms with Crippen molar-refractivity contribution in [2.75, 3.05) is 18.6 Å². The van der Waals surface area contributed by atoms with Gasteiger partial charge in [-0.25, -0.2) is 8.42 Å². The second-order valence-corrected chi connectivity index (χ2v) is 7.36. The van der Waals surface area contributed by atoms with Crippen LogP contribution in [0.3, 0.4) is 0 Å². The Morgan fingerprint density at radius 2 is 1.48 bits per heavy atom. The van der Waals surface area contributed by atoms with Crippen LogP contribution in [0.1, 0.15) is 20.7 Å². The summed E-state index contributed by atoms with van der Waals surface area (Å²) in [5.74, 6) is -1.11. The van der Waals surface area contributed by atoms with Gasteiger partial charge in [-0.05, 0) is 17.5 Å². The molecule has 5 nitrogen and oxygen atoms in total. The summed E-state index contributed by atoms with van der Waals surface area (Å²) >= 11 is 0. The van der Waals surface area contributed by atoms with Gasteiger partial charge in [-0.2, -0.15) is 0 Å². The number of amides is 2. The molecule has 2 aromatic rings. The van der Waals surface area contributed by atoms with Crippen LogP contribution < -0.4 is 0 Å².